The van der Waals surface area contributed by atoms with Crippen LogP contribution < -0.4 is 0 Å². The molecule has 0 saturated carbocycles. The van der Waals surface area contributed by atoms with Gasteiger partial charge in [0.15, 0.2) is 0 Å². The van der Waals surface area contributed by atoms with Gasteiger partial charge in [0.05, 0.1) is 6.61 Å². The van der Waals surface area contributed by atoms with E-state index in [1.54, 1.807) is 0 Å². The van der Waals surface area contributed by atoms with Crippen LogP contribution in [0.3, 0.4) is 0 Å². The molecule has 2 nitrogen and oxygen atoms in total. The highest BCUT2D eigenvalue weighted by Gasteiger charge is 2.21. The molecule has 0 aliphatic heterocycles. The van der Waals surface area contributed by atoms with Crippen LogP contribution in [0, 0.1) is 0 Å². The summed E-state index contributed by atoms with van der Waals surface area (Å²) in [5.74, 6) is 0. The molecule has 0 fully saturated rings. The van der Waals surface area contributed by atoms with E-state index in [2.05, 4.69) is 68.3 Å². The normalized spacial score (nSPS) is 12.3. The number of benzene rings is 2. The van der Waals surface area contributed by atoms with Gasteiger partial charge in [-0.3, -0.25) is 4.90 Å². The molecule has 0 saturated heterocycles. The molecule has 0 heterocycles. The number of likely N-dealkylation sites (N-methyl/N-ethyl adjacent to an activating group) is 1. The number of rotatable bonds is 5. The van der Waals surface area contributed by atoms with E-state index >= 15 is 0 Å². The topological polar surface area (TPSA) is 23.5 Å². The van der Waals surface area contributed by atoms with Gasteiger partial charge < -0.3 is 5.11 Å². The van der Waals surface area contributed by atoms with Gasteiger partial charge in [0.1, 0.15) is 0 Å². The number of fused-ring (bicyclic) bond motifs is 1. The second-order valence-electron chi connectivity index (χ2n) is 5.82. The predicted molar refractivity (Wildman–Crippen MR) is 81.4 cm³/mol. The lowest BCUT2D eigenvalue weighted by molar-refractivity contribution is 0.0801. The predicted octanol–water partition coefficient (Wildman–Crippen LogP) is 3.09. The van der Waals surface area contributed by atoms with E-state index in [-0.39, 0.29) is 12.1 Å². The van der Waals surface area contributed by atoms with E-state index in [0.29, 0.717) is 0 Å². The SMILES string of the molecule is CN(CCc1ccc2ccccc2c1)C(C)(C)CO. The highest BCUT2D eigenvalue weighted by Crippen LogP contribution is 2.17. The molecule has 102 valence electrons. The van der Waals surface area contributed by atoms with Crippen LogP contribution in [-0.2, 0) is 6.42 Å². The third-order valence-corrected chi connectivity index (χ3v) is 3.97. The van der Waals surface area contributed by atoms with Crippen LogP contribution in [-0.4, -0.2) is 35.7 Å². The maximum absolute atomic E-state index is 9.36. The summed E-state index contributed by atoms with van der Waals surface area (Å²) in [5.41, 5.74) is 1.19. The van der Waals surface area contributed by atoms with Crippen LogP contribution in [0.2, 0.25) is 0 Å². The van der Waals surface area contributed by atoms with Gasteiger partial charge in [0.25, 0.3) is 0 Å². The van der Waals surface area contributed by atoms with E-state index in [4.69, 9.17) is 0 Å². The van der Waals surface area contributed by atoms with Gasteiger partial charge in [-0.1, -0.05) is 42.5 Å². The summed E-state index contributed by atoms with van der Waals surface area (Å²) in [5, 5.41) is 11.9. The van der Waals surface area contributed by atoms with Crippen LogP contribution in [0.25, 0.3) is 10.8 Å². The fourth-order valence-electron chi connectivity index (χ4n) is 2.11. The Morgan fingerprint density at radius 3 is 2.42 bits per heavy atom. The molecule has 0 spiro atoms. The van der Waals surface area contributed by atoms with E-state index in [9.17, 15) is 5.11 Å². The second-order valence-corrected chi connectivity index (χ2v) is 5.82. The molecule has 0 atom stereocenters. The Balaban J connectivity index is 2.06. The van der Waals surface area contributed by atoms with Gasteiger partial charge >= 0.3 is 0 Å². The maximum Gasteiger partial charge on any atom is 0.0609 e. The Labute approximate surface area is 115 Å². The van der Waals surface area contributed by atoms with Crippen LogP contribution >= 0.6 is 0 Å². The number of hydrogen-bond donors (Lipinski definition) is 1. The second kappa shape index (κ2) is 5.72. The van der Waals surface area contributed by atoms with Gasteiger partial charge in [-0.2, -0.15) is 0 Å². The molecule has 0 bridgehead atoms. The number of aliphatic hydroxyl groups is 1. The molecule has 2 aromatic carbocycles. The summed E-state index contributed by atoms with van der Waals surface area (Å²) in [7, 11) is 2.07. The molecule has 2 rings (SSSR count). The van der Waals surface area contributed by atoms with Crippen molar-refractivity contribution in [2.24, 2.45) is 0 Å². The van der Waals surface area contributed by atoms with Crippen molar-refractivity contribution in [3.63, 3.8) is 0 Å². The Bertz CT molecular complexity index is 548. The Kier molecular flexibility index (Phi) is 4.23. The molecule has 0 aliphatic carbocycles. The monoisotopic (exact) mass is 257 g/mol. The quantitative estimate of drug-likeness (QED) is 0.889. The molecule has 0 unspecified atom stereocenters. The van der Waals surface area contributed by atoms with Crippen molar-refractivity contribution in [2.75, 3.05) is 20.2 Å². The lowest BCUT2D eigenvalue weighted by Gasteiger charge is -2.33. The summed E-state index contributed by atoms with van der Waals surface area (Å²) in [6.45, 7) is 5.26. The zero-order valence-electron chi connectivity index (χ0n) is 12.1. The smallest absolute Gasteiger partial charge is 0.0609 e. The largest absolute Gasteiger partial charge is 0.394 e. The fourth-order valence-corrected chi connectivity index (χ4v) is 2.11. The summed E-state index contributed by atoms with van der Waals surface area (Å²) in [4.78, 5) is 2.21. The standard InChI is InChI=1S/C17H23NO/c1-17(2,13-19)18(3)11-10-14-8-9-15-6-4-5-7-16(15)12-14/h4-9,12,19H,10-11,13H2,1-3H3. The van der Waals surface area contributed by atoms with E-state index < -0.39 is 0 Å². The molecule has 19 heavy (non-hydrogen) atoms. The van der Waals surface area contributed by atoms with E-state index in [1.165, 1.54) is 16.3 Å². The molecule has 0 amide bonds. The van der Waals surface area contributed by atoms with Gasteiger partial charge in [-0.25, -0.2) is 0 Å². The third-order valence-electron chi connectivity index (χ3n) is 3.97. The molecule has 2 aromatic rings. The minimum absolute atomic E-state index is 0.156. The number of nitrogens with zero attached hydrogens (tertiary/aromatic N) is 1. The summed E-state index contributed by atoms with van der Waals surface area (Å²) >= 11 is 0. The first-order valence-electron chi connectivity index (χ1n) is 6.83. The minimum atomic E-state index is -0.156. The van der Waals surface area contributed by atoms with Crippen molar-refractivity contribution in [3.8, 4) is 0 Å². The van der Waals surface area contributed by atoms with Crippen LogP contribution in [0.1, 0.15) is 19.4 Å². The van der Waals surface area contributed by atoms with Gasteiger partial charge in [0, 0.05) is 12.1 Å². The molecule has 0 radical (unpaired) electrons. The highest BCUT2D eigenvalue weighted by atomic mass is 16.3. The van der Waals surface area contributed by atoms with E-state index in [1.807, 2.05) is 0 Å². The Morgan fingerprint density at radius 1 is 1.05 bits per heavy atom. The first kappa shape index (κ1) is 14.0. The minimum Gasteiger partial charge on any atom is -0.394 e. The van der Waals surface area contributed by atoms with Crippen molar-refractivity contribution in [1.82, 2.24) is 4.90 Å². The van der Waals surface area contributed by atoms with Crippen molar-refractivity contribution >= 4 is 10.8 Å². The maximum atomic E-state index is 9.36. The van der Waals surface area contributed by atoms with Gasteiger partial charge in [-0.15, -0.1) is 0 Å². The average molecular weight is 257 g/mol. The summed E-state index contributed by atoms with van der Waals surface area (Å²) in [6, 6.07) is 15.1. The van der Waals surface area contributed by atoms with E-state index in [0.717, 1.165) is 13.0 Å². The fraction of sp³-hybridized carbons (Fsp3) is 0.412. The van der Waals surface area contributed by atoms with Crippen LogP contribution in [0.4, 0.5) is 0 Å². The van der Waals surface area contributed by atoms with Gasteiger partial charge in [-0.05, 0) is 43.7 Å². The van der Waals surface area contributed by atoms with Crippen LogP contribution in [0.5, 0.6) is 0 Å². The van der Waals surface area contributed by atoms with Crippen molar-refractivity contribution in [1.29, 1.82) is 0 Å². The number of hydrogen-bond acceptors (Lipinski definition) is 2. The van der Waals surface area contributed by atoms with Crippen molar-refractivity contribution in [3.05, 3.63) is 48.0 Å². The molecular weight excluding hydrogens is 234 g/mol. The first-order chi connectivity index (χ1) is 9.03. The number of aliphatic hydroxyl groups excluding tert-OH is 1. The van der Waals surface area contributed by atoms with Crippen molar-refractivity contribution in [2.45, 2.75) is 25.8 Å². The molecule has 0 aliphatic rings. The lowest BCUT2D eigenvalue weighted by atomic mass is 10.0. The lowest BCUT2D eigenvalue weighted by Crippen LogP contribution is -2.45. The summed E-state index contributed by atoms with van der Waals surface area (Å²) in [6.07, 6.45) is 1.00. The Morgan fingerprint density at radius 2 is 1.74 bits per heavy atom. The molecule has 2 heteroatoms. The van der Waals surface area contributed by atoms with Crippen molar-refractivity contribution < 1.29 is 5.11 Å². The Hall–Kier alpha value is -1.38. The summed E-state index contributed by atoms with van der Waals surface area (Å²) < 4.78 is 0. The average Bonchev–Trinajstić information content (AvgIpc) is 2.44. The zero-order chi connectivity index (χ0) is 13.9. The molecular formula is C17H23NO. The molecule has 1 N–H and O–H groups in total. The molecule has 0 aromatic heterocycles. The zero-order valence-corrected chi connectivity index (χ0v) is 12.1. The van der Waals surface area contributed by atoms with Gasteiger partial charge in [0.2, 0.25) is 0 Å². The first-order valence-corrected chi connectivity index (χ1v) is 6.83. The third kappa shape index (κ3) is 3.34. The van der Waals surface area contributed by atoms with Crippen LogP contribution in [0.15, 0.2) is 42.5 Å². The highest BCUT2D eigenvalue weighted by molar-refractivity contribution is 5.82.